The lowest BCUT2D eigenvalue weighted by Gasteiger charge is -2.37. The summed E-state index contributed by atoms with van der Waals surface area (Å²) in [4.78, 5) is 4.03. The van der Waals surface area contributed by atoms with Crippen molar-refractivity contribution in [2.24, 2.45) is 0 Å². The summed E-state index contributed by atoms with van der Waals surface area (Å²) in [6.45, 7) is 2.53. The summed E-state index contributed by atoms with van der Waals surface area (Å²) >= 11 is 0. The van der Waals surface area contributed by atoms with Gasteiger partial charge in [-0.3, -0.25) is 0 Å². The van der Waals surface area contributed by atoms with Crippen LogP contribution >= 0.6 is 0 Å². The van der Waals surface area contributed by atoms with Crippen molar-refractivity contribution in [1.82, 2.24) is 9.29 Å². The second-order valence-corrected chi connectivity index (χ2v) is 7.77. The summed E-state index contributed by atoms with van der Waals surface area (Å²) in [5, 5.41) is 8.85. The maximum atomic E-state index is 12.4. The first kappa shape index (κ1) is 16.4. The van der Waals surface area contributed by atoms with Gasteiger partial charge in [-0.15, -0.1) is 0 Å². The predicted octanol–water partition coefficient (Wildman–Crippen LogP) is 1.85. The molecule has 2 aromatic rings. The van der Waals surface area contributed by atoms with Crippen LogP contribution < -0.4 is 4.74 Å². The maximum absolute atomic E-state index is 12.4. The van der Waals surface area contributed by atoms with Crippen molar-refractivity contribution in [2.45, 2.75) is 18.8 Å². The van der Waals surface area contributed by atoms with E-state index in [-0.39, 0.29) is 11.9 Å². The summed E-state index contributed by atoms with van der Waals surface area (Å²) in [6, 6.07) is 12.6. The average molecular weight is 343 g/mol. The minimum Gasteiger partial charge on any atom is -0.471 e. The Morgan fingerprint density at radius 3 is 2.83 bits per heavy atom. The van der Waals surface area contributed by atoms with Gasteiger partial charge in [0.05, 0.1) is 30.5 Å². The number of aryl methyl sites for hydroxylation is 1. The Balaban J connectivity index is 1.58. The van der Waals surface area contributed by atoms with Gasteiger partial charge in [-0.05, 0) is 18.6 Å². The van der Waals surface area contributed by atoms with Gasteiger partial charge in [-0.1, -0.05) is 29.8 Å². The van der Waals surface area contributed by atoms with Crippen LogP contribution in [0.5, 0.6) is 5.88 Å². The number of pyridine rings is 1. The largest absolute Gasteiger partial charge is 0.471 e. The molecule has 0 aliphatic carbocycles. The molecule has 1 saturated heterocycles. The third kappa shape index (κ3) is 3.72. The number of hydrogen-bond donors (Lipinski definition) is 0. The standard InChI is InChI=1S/C17H17N3O3S/c1-13-3-2-4-15(7-13)12-24(21,22)20-10-16(11-20)23-17-8-14(9-18)5-6-19-17/h2-8,16H,10-12H2,1H3. The number of rotatable bonds is 5. The lowest BCUT2D eigenvalue weighted by Crippen LogP contribution is -2.56. The highest BCUT2D eigenvalue weighted by Gasteiger charge is 2.37. The molecule has 0 N–H and O–H groups in total. The van der Waals surface area contributed by atoms with Crippen LogP contribution in [-0.4, -0.2) is 36.9 Å². The number of benzene rings is 1. The van der Waals surface area contributed by atoms with Gasteiger partial charge in [0.2, 0.25) is 15.9 Å². The molecule has 24 heavy (non-hydrogen) atoms. The highest BCUT2D eigenvalue weighted by Crippen LogP contribution is 2.22. The van der Waals surface area contributed by atoms with E-state index in [2.05, 4.69) is 4.98 Å². The summed E-state index contributed by atoms with van der Waals surface area (Å²) < 4.78 is 31.8. The molecule has 3 rings (SSSR count). The van der Waals surface area contributed by atoms with E-state index in [4.69, 9.17) is 10.00 Å². The molecule has 0 amide bonds. The summed E-state index contributed by atoms with van der Waals surface area (Å²) in [7, 11) is -3.35. The van der Waals surface area contributed by atoms with Gasteiger partial charge in [-0.25, -0.2) is 13.4 Å². The number of hydrogen-bond acceptors (Lipinski definition) is 5. The molecule has 7 heteroatoms. The van der Waals surface area contributed by atoms with E-state index >= 15 is 0 Å². The summed E-state index contributed by atoms with van der Waals surface area (Å²) in [5.74, 6) is 0.332. The average Bonchev–Trinajstić information content (AvgIpc) is 2.50. The van der Waals surface area contributed by atoms with Crippen molar-refractivity contribution in [3.63, 3.8) is 0 Å². The van der Waals surface area contributed by atoms with Crippen molar-refractivity contribution in [3.05, 3.63) is 59.3 Å². The molecule has 1 aliphatic heterocycles. The zero-order valence-corrected chi connectivity index (χ0v) is 14.0. The molecule has 6 nitrogen and oxygen atoms in total. The van der Waals surface area contributed by atoms with Crippen LogP contribution in [0.3, 0.4) is 0 Å². The predicted molar refractivity (Wildman–Crippen MR) is 88.7 cm³/mol. The van der Waals surface area contributed by atoms with Gasteiger partial charge < -0.3 is 4.74 Å². The molecule has 1 aromatic heterocycles. The summed E-state index contributed by atoms with van der Waals surface area (Å²) in [5.41, 5.74) is 2.28. The minimum atomic E-state index is -3.35. The highest BCUT2D eigenvalue weighted by molar-refractivity contribution is 7.88. The zero-order valence-electron chi connectivity index (χ0n) is 13.2. The van der Waals surface area contributed by atoms with Crippen LogP contribution in [0, 0.1) is 18.3 Å². The first-order valence-electron chi connectivity index (χ1n) is 7.52. The molecule has 0 saturated carbocycles. The molecule has 0 radical (unpaired) electrons. The van der Waals surface area contributed by atoms with E-state index in [9.17, 15) is 8.42 Å². The SMILES string of the molecule is Cc1cccc(CS(=O)(=O)N2CC(Oc3cc(C#N)ccn3)C2)c1. The molecular formula is C17H17N3O3S. The zero-order chi connectivity index (χ0) is 17.2. The third-order valence-corrected chi connectivity index (χ3v) is 5.57. The van der Waals surface area contributed by atoms with Gasteiger partial charge >= 0.3 is 0 Å². The van der Waals surface area contributed by atoms with Gasteiger partial charge in [-0.2, -0.15) is 9.57 Å². The minimum absolute atomic E-state index is 0.0103. The van der Waals surface area contributed by atoms with E-state index in [1.54, 1.807) is 12.1 Å². The molecule has 2 heterocycles. The van der Waals surface area contributed by atoms with Gasteiger partial charge in [0.15, 0.2) is 0 Å². The Bertz CT molecular complexity index is 884. The lowest BCUT2D eigenvalue weighted by molar-refractivity contribution is 0.0719. The smallest absolute Gasteiger partial charge is 0.218 e. The molecule has 1 aromatic carbocycles. The number of aromatic nitrogens is 1. The van der Waals surface area contributed by atoms with Crippen molar-refractivity contribution < 1.29 is 13.2 Å². The van der Waals surface area contributed by atoms with Crippen LogP contribution in [0.2, 0.25) is 0 Å². The van der Waals surface area contributed by atoms with E-state index < -0.39 is 10.0 Å². The quantitative estimate of drug-likeness (QED) is 0.827. The molecule has 124 valence electrons. The van der Waals surface area contributed by atoms with E-state index in [0.717, 1.165) is 11.1 Å². The van der Waals surface area contributed by atoms with Crippen LogP contribution in [-0.2, 0) is 15.8 Å². The first-order valence-corrected chi connectivity index (χ1v) is 9.13. The molecule has 1 fully saturated rings. The van der Waals surface area contributed by atoms with Crippen LogP contribution in [0.1, 0.15) is 16.7 Å². The lowest BCUT2D eigenvalue weighted by atomic mass is 10.2. The normalized spacial score (nSPS) is 15.5. The molecule has 0 atom stereocenters. The maximum Gasteiger partial charge on any atom is 0.218 e. The number of ether oxygens (including phenoxy) is 1. The molecule has 0 unspecified atom stereocenters. The van der Waals surface area contributed by atoms with Crippen molar-refractivity contribution in [1.29, 1.82) is 5.26 Å². The summed E-state index contributed by atoms with van der Waals surface area (Å²) in [6.07, 6.45) is 1.26. The fourth-order valence-electron chi connectivity index (χ4n) is 2.52. The number of nitrogens with zero attached hydrogens (tertiary/aromatic N) is 3. The molecular weight excluding hydrogens is 326 g/mol. The second-order valence-electron chi connectivity index (χ2n) is 5.80. The van der Waals surface area contributed by atoms with Crippen molar-refractivity contribution in [2.75, 3.05) is 13.1 Å². The van der Waals surface area contributed by atoms with Crippen LogP contribution in [0.4, 0.5) is 0 Å². The van der Waals surface area contributed by atoms with E-state index in [1.165, 1.54) is 10.5 Å². The first-order chi connectivity index (χ1) is 11.5. The molecule has 0 bridgehead atoms. The fourth-order valence-corrected chi connectivity index (χ4v) is 4.09. The van der Waals surface area contributed by atoms with E-state index in [1.807, 2.05) is 37.3 Å². The van der Waals surface area contributed by atoms with Crippen LogP contribution in [0.15, 0.2) is 42.6 Å². The van der Waals surface area contributed by atoms with Gasteiger partial charge in [0.25, 0.3) is 0 Å². The molecule has 1 aliphatic rings. The Labute approximate surface area is 141 Å². The number of nitriles is 1. The highest BCUT2D eigenvalue weighted by atomic mass is 32.2. The van der Waals surface area contributed by atoms with E-state index in [0.29, 0.717) is 24.5 Å². The Hall–Kier alpha value is -2.43. The number of sulfonamides is 1. The Kier molecular flexibility index (Phi) is 4.51. The topological polar surface area (TPSA) is 83.3 Å². The second kappa shape index (κ2) is 6.59. The monoisotopic (exact) mass is 343 g/mol. The Morgan fingerprint density at radius 2 is 2.12 bits per heavy atom. The van der Waals surface area contributed by atoms with Crippen LogP contribution in [0.25, 0.3) is 0 Å². The fraction of sp³-hybridized carbons (Fsp3) is 0.294. The third-order valence-electron chi connectivity index (χ3n) is 3.79. The van der Waals surface area contributed by atoms with Crippen molar-refractivity contribution >= 4 is 10.0 Å². The molecule has 0 spiro atoms. The Morgan fingerprint density at radius 1 is 1.33 bits per heavy atom. The van der Waals surface area contributed by atoms with Crippen molar-refractivity contribution in [3.8, 4) is 11.9 Å². The van der Waals surface area contributed by atoms with Gasteiger partial charge in [0, 0.05) is 12.3 Å². The van der Waals surface area contributed by atoms with Gasteiger partial charge in [0.1, 0.15) is 6.10 Å².